The molecule has 1 aliphatic heterocycles. The number of ketones is 1. The highest BCUT2D eigenvalue weighted by atomic mass is 79.9. The number of hydrogen-bond donors (Lipinski definition) is 0. The Morgan fingerprint density at radius 2 is 2.12 bits per heavy atom. The normalized spacial score (nSPS) is 18.6. The minimum Gasteiger partial charge on any atom is -0.306 e. The summed E-state index contributed by atoms with van der Waals surface area (Å²) in [6.07, 6.45) is 1.90. The van der Waals surface area contributed by atoms with Crippen LogP contribution in [0, 0.1) is 5.92 Å². The first-order chi connectivity index (χ1) is 7.66. The molecule has 0 atom stereocenters. The number of carbonyl (C=O) groups excluding carboxylic acids is 1. The average Bonchev–Trinajstić information content (AvgIpc) is 2.29. The van der Waals surface area contributed by atoms with Gasteiger partial charge in [0.25, 0.3) is 0 Å². The maximum Gasteiger partial charge on any atom is 0.184 e. The first kappa shape index (κ1) is 11.7. The van der Waals surface area contributed by atoms with Crippen LogP contribution in [0.25, 0.3) is 0 Å². The quantitative estimate of drug-likeness (QED) is 0.617. The second kappa shape index (κ2) is 5.06. The van der Waals surface area contributed by atoms with Gasteiger partial charge in [0.05, 0.1) is 0 Å². The van der Waals surface area contributed by atoms with Crippen molar-refractivity contribution in [2.75, 3.05) is 20.1 Å². The van der Waals surface area contributed by atoms with Crippen LogP contribution in [0.4, 0.5) is 0 Å². The molecule has 1 aromatic rings. The average molecular weight is 283 g/mol. The third-order valence-electron chi connectivity index (χ3n) is 3.06. The maximum absolute atomic E-state index is 12.2. The summed E-state index contributed by atoms with van der Waals surface area (Å²) < 4.78 is 0.728. The summed E-state index contributed by atoms with van der Waals surface area (Å²) in [5, 5.41) is 0. The van der Waals surface area contributed by atoms with Crippen LogP contribution in [-0.4, -0.2) is 35.8 Å². The van der Waals surface area contributed by atoms with E-state index in [4.69, 9.17) is 0 Å². The molecular formula is C12H15BrN2O. The zero-order valence-corrected chi connectivity index (χ0v) is 10.9. The van der Waals surface area contributed by atoms with Crippen molar-refractivity contribution < 1.29 is 4.79 Å². The van der Waals surface area contributed by atoms with Crippen LogP contribution in [0.5, 0.6) is 0 Å². The number of Topliss-reactive ketones (excluding diaryl/α,β-unsaturated/α-hetero) is 1. The standard InChI is InChI=1S/C12H15BrN2O/c1-15-7-5-9(6-8-15)12(16)10-3-2-4-11(13)14-10/h2-4,9H,5-8H2,1H3. The topological polar surface area (TPSA) is 33.2 Å². The maximum atomic E-state index is 12.2. The zero-order valence-electron chi connectivity index (χ0n) is 9.32. The highest BCUT2D eigenvalue weighted by Crippen LogP contribution is 2.20. The van der Waals surface area contributed by atoms with E-state index in [1.807, 2.05) is 12.1 Å². The number of nitrogens with zero attached hydrogens (tertiary/aromatic N) is 2. The van der Waals surface area contributed by atoms with E-state index >= 15 is 0 Å². The van der Waals surface area contributed by atoms with Crippen LogP contribution in [0.1, 0.15) is 23.3 Å². The number of likely N-dealkylation sites (tertiary alicyclic amines) is 1. The second-order valence-corrected chi connectivity index (χ2v) is 5.10. The predicted octanol–water partition coefficient (Wildman–Crippen LogP) is 2.37. The number of pyridine rings is 1. The molecule has 2 rings (SSSR count). The molecule has 0 unspecified atom stereocenters. The fourth-order valence-electron chi connectivity index (χ4n) is 2.03. The molecule has 0 spiro atoms. The van der Waals surface area contributed by atoms with Gasteiger partial charge in [-0.1, -0.05) is 6.07 Å². The van der Waals surface area contributed by atoms with Crippen molar-refractivity contribution in [3.05, 3.63) is 28.5 Å². The fraction of sp³-hybridized carbons (Fsp3) is 0.500. The number of aromatic nitrogens is 1. The molecule has 0 radical (unpaired) electrons. The van der Waals surface area contributed by atoms with Crippen LogP contribution in [0.2, 0.25) is 0 Å². The van der Waals surface area contributed by atoms with E-state index in [0.717, 1.165) is 30.5 Å². The van der Waals surface area contributed by atoms with Crippen molar-refractivity contribution >= 4 is 21.7 Å². The molecule has 1 saturated heterocycles. The van der Waals surface area contributed by atoms with Crippen molar-refractivity contribution in [2.24, 2.45) is 5.92 Å². The Morgan fingerprint density at radius 3 is 2.75 bits per heavy atom. The molecule has 2 heterocycles. The molecule has 0 saturated carbocycles. The molecule has 3 nitrogen and oxygen atoms in total. The summed E-state index contributed by atoms with van der Waals surface area (Å²) in [7, 11) is 2.10. The van der Waals surface area contributed by atoms with Crippen LogP contribution in [0.15, 0.2) is 22.8 Å². The molecule has 1 fully saturated rings. The monoisotopic (exact) mass is 282 g/mol. The van der Waals surface area contributed by atoms with Gasteiger partial charge in [-0.3, -0.25) is 4.79 Å². The molecule has 0 N–H and O–H groups in total. The molecular weight excluding hydrogens is 268 g/mol. The van der Waals surface area contributed by atoms with Crippen molar-refractivity contribution in [1.82, 2.24) is 9.88 Å². The summed E-state index contributed by atoms with van der Waals surface area (Å²) in [5.74, 6) is 0.340. The number of rotatable bonds is 2. The van der Waals surface area contributed by atoms with Crippen molar-refractivity contribution in [3.63, 3.8) is 0 Å². The minimum absolute atomic E-state index is 0.151. The number of carbonyl (C=O) groups is 1. The lowest BCUT2D eigenvalue weighted by Crippen LogP contribution is -2.33. The van der Waals surface area contributed by atoms with Crippen molar-refractivity contribution in [3.8, 4) is 0 Å². The molecule has 0 amide bonds. The third kappa shape index (κ3) is 2.68. The van der Waals surface area contributed by atoms with Gasteiger partial charge in [-0.05, 0) is 61.0 Å². The van der Waals surface area contributed by atoms with Gasteiger partial charge in [-0.2, -0.15) is 0 Å². The van der Waals surface area contributed by atoms with E-state index in [2.05, 4.69) is 32.9 Å². The fourth-order valence-corrected chi connectivity index (χ4v) is 2.37. The van der Waals surface area contributed by atoms with Crippen LogP contribution in [0.3, 0.4) is 0 Å². The van der Waals surface area contributed by atoms with Crippen LogP contribution in [-0.2, 0) is 0 Å². The van der Waals surface area contributed by atoms with Crippen molar-refractivity contribution in [1.29, 1.82) is 0 Å². The van der Waals surface area contributed by atoms with Gasteiger partial charge in [0.1, 0.15) is 10.3 Å². The Balaban J connectivity index is 2.08. The molecule has 86 valence electrons. The molecule has 0 aliphatic carbocycles. The lowest BCUT2D eigenvalue weighted by molar-refractivity contribution is 0.0851. The van der Waals surface area contributed by atoms with Gasteiger partial charge in [-0.15, -0.1) is 0 Å². The van der Waals surface area contributed by atoms with Gasteiger partial charge < -0.3 is 4.90 Å². The Kier molecular flexibility index (Phi) is 3.71. The summed E-state index contributed by atoms with van der Waals surface area (Å²) >= 11 is 3.29. The molecule has 1 aliphatic rings. The van der Waals surface area contributed by atoms with E-state index in [9.17, 15) is 4.79 Å². The Bertz CT molecular complexity index is 386. The molecule has 4 heteroatoms. The predicted molar refractivity (Wildman–Crippen MR) is 66.5 cm³/mol. The van der Waals surface area contributed by atoms with E-state index < -0.39 is 0 Å². The summed E-state index contributed by atoms with van der Waals surface area (Å²) in [6, 6.07) is 5.50. The van der Waals surface area contributed by atoms with Gasteiger partial charge in [0.2, 0.25) is 0 Å². The lowest BCUT2D eigenvalue weighted by atomic mass is 9.91. The summed E-state index contributed by atoms with van der Waals surface area (Å²) in [5.41, 5.74) is 0.587. The highest BCUT2D eigenvalue weighted by molar-refractivity contribution is 9.10. The largest absolute Gasteiger partial charge is 0.306 e. The minimum atomic E-state index is 0.151. The zero-order chi connectivity index (χ0) is 11.5. The Labute approximate surface area is 104 Å². The Hall–Kier alpha value is -0.740. The van der Waals surface area contributed by atoms with E-state index in [0.29, 0.717) is 5.69 Å². The number of piperidine rings is 1. The van der Waals surface area contributed by atoms with Crippen LogP contribution >= 0.6 is 15.9 Å². The lowest BCUT2D eigenvalue weighted by Gasteiger charge is -2.27. The second-order valence-electron chi connectivity index (χ2n) is 4.29. The van der Waals surface area contributed by atoms with E-state index in [1.165, 1.54) is 0 Å². The van der Waals surface area contributed by atoms with Crippen molar-refractivity contribution in [2.45, 2.75) is 12.8 Å². The SMILES string of the molecule is CN1CCC(C(=O)c2cccc(Br)n2)CC1. The van der Waals surface area contributed by atoms with Gasteiger partial charge in [-0.25, -0.2) is 4.98 Å². The number of halogens is 1. The van der Waals surface area contributed by atoms with Crippen LogP contribution < -0.4 is 0 Å². The molecule has 0 bridgehead atoms. The highest BCUT2D eigenvalue weighted by Gasteiger charge is 2.25. The smallest absolute Gasteiger partial charge is 0.184 e. The first-order valence-corrected chi connectivity index (χ1v) is 6.31. The number of hydrogen-bond acceptors (Lipinski definition) is 3. The molecule has 0 aromatic carbocycles. The van der Waals surface area contributed by atoms with E-state index in [1.54, 1.807) is 6.07 Å². The van der Waals surface area contributed by atoms with Gasteiger partial charge >= 0.3 is 0 Å². The summed E-state index contributed by atoms with van der Waals surface area (Å²) in [6.45, 7) is 2.01. The molecule has 16 heavy (non-hydrogen) atoms. The summed E-state index contributed by atoms with van der Waals surface area (Å²) in [4.78, 5) is 18.6. The first-order valence-electron chi connectivity index (χ1n) is 5.52. The molecule has 1 aromatic heterocycles. The Morgan fingerprint density at radius 1 is 1.44 bits per heavy atom. The van der Waals surface area contributed by atoms with Gasteiger partial charge in [0.15, 0.2) is 5.78 Å². The van der Waals surface area contributed by atoms with E-state index in [-0.39, 0.29) is 11.7 Å². The van der Waals surface area contributed by atoms with Gasteiger partial charge in [0, 0.05) is 5.92 Å². The third-order valence-corrected chi connectivity index (χ3v) is 3.50.